The van der Waals surface area contributed by atoms with E-state index in [1.54, 1.807) is 6.33 Å². The Morgan fingerprint density at radius 3 is 2.70 bits per heavy atom. The fraction of sp³-hybridized carbons (Fsp3) is 0.185. The first-order chi connectivity index (χ1) is 15.9. The molecular formula is C27H24N6. The molecule has 6 heteroatoms. The van der Waals surface area contributed by atoms with Gasteiger partial charge in [-0.05, 0) is 73.4 Å². The number of pyridine rings is 1. The zero-order chi connectivity index (χ0) is 23.1. The Hall–Kier alpha value is -4.24. The van der Waals surface area contributed by atoms with Crippen LogP contribution >= 0.6 is 0 Å². The Kier molecular flexibility index (Phi) is 5.02. The molecule has 6 nitrogen and oxygen atoms in total. The van der Waals surface area contributed by atoms with Crippen LogP contribution < -0.4 is 4.90 Å². The summed E-state index contributed by atoms with van der Waals surface area (Å²) < 4.78 is 2.02. The monoisotopic (exact) mass is 432 g/mol. The first-order valence-electron chi connectivity index (χ1n) is 10.9. The molecule has 162 valence electrons. The number of fused-ring (bicyclic) bond motifs is 1. The number of hydrogen-bond donors (Lipinski definition) is 0. The number of nitrogens with zero attached hydrogens (tertiary/aromatic N) is 6. The molecule has 5 rings (SSSR count). The summed E-state index contributed by atoms with van der Waals surface area (Å²) in [5, 5.41) is 17.7. The second-order valence-corrected chi connectivity index (χ2v) is 8.64. The molecule has 0 unspecified atom stereocenters. The number of aromatic nitrogens is 4. The van der Waals surface area contributed by atoms with Crippen LogP contribution in [-0.4, -0.2) is 19.7 Å². The van der Waals surface area contributed by atoms with Gasteiger partial charge in [-0.1, -0.05) is 30.8 Å². The maximum Gasteiger partial charge on any atom is 0.182 e. The topological polar surface area (TPSA) is 70.6 Å². The molecular weight excluding hydrogens is 408 g/mol. The Morgan fingerprint density at radius 2 is 1.91 bits per heavy atom. The highest BCUT2D eigenvalue weighted by Crippen LogP contribution is 2.38. The summed E-state index contributed by atoms with van der Waals surface area (Å²) in [5.74, 6) is 1.58. The van der Waals surface area contributed by atoms with Crippen molar-refractivity contribution in [3.05, 3.63) is 89.8 Å². The molecule has 0 aliphatic carbocycles. The van der Waals surface area contributed by atoms with Crippen molar-refractivity contribution in [1.29, 1.82) is 5.26 Å². The molecule has 1 aliphatic rings. The van der Waals surface area contributed by atoms with Crippen molar-refractivity contribution in [2.45, 2.75) is 33.4 Å². The molecule has 0 fully saturated rings. The van der Waals surface area contributed by atoms with E-state index >= 15 is 0 Å². The van der Waals surface area contributed by atoms with Gasteiger partial charge in [-0.2, -0.15) is 5.26 Å². The molecule has 0 bridgehead atoms. The predicted octanol–water partition coefficient (Wildman–Crippen LogP) is 5.76. The second kappa shape index (κ2) is 8.03. The first-order valence-corrected chi connectivity index (χ1v) is 10.9. The molecule has 0 amide bonds. The largest absolute Gasteiger partial charge is 0.322 e. The molecule has 0 spiro atoms. The third kappa shape index (κ3) is 3.68. The number of anilines is 1. The molecule has 3 heterocycles. The molecule has 0 N–H and O–H groups in total. The van der Waals surface area contributed by atoms with Crippen molar-refractivity contribution in [2.75, 3.05) is 4.90 Å². The first kappa shape index (κ1) is 20.7. The van der Waals surface area contributed by atoms with Gasteiger partial charge in [0.05, 0.1) is 18.2 Å². The van der Waals surface area contributed by atoms with Crippen LogP contribution in [0.15, 0.2) is 67.5 Å². The van der Waals surface area contributed by atoms with E-state index in [4.69, 9.17) is 4.98 Å². The maximum absolute atomic E-state index is 9.34. The van der Waals surface area contributed by atoms with Gasteiger partial charge in [0.1, 0.15) is 17.8 Å². The summed E-state index contributed by atoms with van der Waals surface area (Å²) >= 11 is 0. The highest BCUT2D eigenvalue weighted by Gasteiger charge is 2.25. The van der Waals surface area contributed by atoms with Crippen molar-refractivity contribution in [3.8, 4) is 28.7 Å². The summed E-state index contributed by atoms with van der Waals surface area (Å²) in [6.07, 6.45) is 1.74. The fourth-order valence-corrected chi connectivity index (χ4v) is 4.31. The molecule has 2 aromatic carbocycles. The standard InChI is InChI=1S/C27H24N6/c1-17(2)33-16-29-31-27(33)25-6-5-7-26(30-25)32-15-22-9-8-21(13-24(22)19(32)4)23-11-18(3)10-20(12-23)14-28/h5-13,16-17H,4,15H2,1-3H3. The van der Waals surface area contributed by atoms with Crippen LogP contribution in [0.25, 0.3) is 28.3 Å². The zero-order valence-corrected chi connectivity index (χ0v) is 18.9. The van der Waals surface area contributed by atoms with Crippen molar-refractivity contribution < 1.29 is 0 Å². The third-order valence-corrected chi connectivity index (χ3v) is 5.98. The summed E-state index contributed by atoms with van der Waals surface area (Å²) in [6, 6.07) is 20.8. The molecule has 2 aromatic heterocycles. The van der Waals surface area contributed by atoms with Crippen LogP contribution in [0.4, 0.5) is 5.82 Å². The Bertz CT molecular complexity index is 1420. The minimum atomic E-state index is 0.244. The Balaban J connectivity index is 1.49. The Morgan fingerprint density at radius 1 is 1.06 bits per heavy atom. The van der Waals surface area contributed by atoms with E-state index in [0.717, 1.165) is 45.3 Å². The van der Waals surface area contributed by atoms with Gasteiger partial charge >= 0.3 is 0 Å². The summed E-state index contributed by atoms with van der Waals surface area (Å²) in [5.41, 5.74) is 7.85. The summed E-state index contributed by atoms with van der Waals surface area (Å²) in [4.78, 5) is 7.02. The van der Waals surface area contributed by atoms with Gasteiger partial charge in [-0.15, -0.1) is 10.2 Å². The number of benzene rings is 2. The van der Waals surface area contributed by atoms with Gasteiger partial charge in [0.15, 0.2) is 5.82 Å². The normalized spacial score (nSPS) is 12.8. The van der Waals surface area contributed by atoms with Gasteiger partial charge in [0, 0.05) is 17.3 Å². The number of aryl methyl sites for hydroxylation is 1. The number of rotatable bonds is 4. The molecule has 0 saturated heterocycles. The minimum Gasteiger partial charge on any atom is -0.322 e. The maximum atomic E-state index is 9.34. The van der Waals surface area contributed by atoms with Gasteiger partial charge in [0.2, 0.25) is 0 Å². The third-order valence-electron chi connectivity index (χ3n) is 5.98. The van der Waals surface area contributed by atoms with Gasteiger partial charge < -0.3 is 9.47 Å². The second-order valence-electron chi connectivity index (χ2n) is 8.64. The van der Waals surface area contributed by atoms with E-state index in [9.17, 15) is 5.26 Å². The number of hydrogen-bond acceptors (Lipinski definition) is 5. The average molecular weight is 433 g/mol. The highest BCUT2D eigenvalue weighted by atomic mass is 15.3. The van der Waals surface area contributed by atoms with Crippen molar-refractivity contribution in [2.24, 2.45) is 0 Å². The zero-order valence-electron chi connectivity index (χ0n) is 18.9. The molecule has 4 aromatic rings. The van der Waals surface area contributed by atoms with E-state index in [1.807, 2.05) is 41.8 Å². The van der Waals surface area contributed by atoms with Crippen molar-refractivity contribution in [3.63, 3.8) is 0 Å². The molecule has 1 aliphatic heterocycles. The number of nitriles is 1. The molecule has 0 radical (unpaired) electrons. The highest BCUT2D eigenvalue weighted by molar-refractivity contribution is 5.85. The Labute approximate surface area is 193 Å². The van der Waals surface area contributed by atoms with Crippen LogP contribution in [0.2, 0.25) is 0 Å². The lowest BCUT2D eigenvalue weighted by molar-refractivity contribution is 0.603. The van der Waals surface area contributed by atoms with E-state index in [1.165, 1.54) is 5.56 Å². The predicted molar refractivity (Wildman–Crippen MR) is 130 cm³/mol. The van der Waals surface area contributed by atoms with Crippen LogP contribution in [0.1, 0.15) is 42.1 Å². The van der Waals surface area contributed by atoms with Crippen molar-refractivity contribution >= 4 is 11.5 Å². The van der Waals surface area contributed by atoms with Crippen LogP contribution in [-0.2, 0) is 6.54 Å². The lowest BCUT2D eigenvalue weighted by Crippen LogP contribution is -2.15. The average Bonchev–Trinajstić information content (AvgIpc) is 3.44. The smallest absolute Gasteiger partial charge is 0.182 e. The van der Waals surface area contributed by atoms with Gasteiger partial charge in [-0.25, -0.2) is 4.98 Å². The minimum absolute atomic E-state index is 0.244. The fourth-order valence-electron chi connectivity index (χ4n) is 4.31. The quantitative estimate of drug-likeness (QED) is 0.410. The molecule has 33 heavy (non-hydrogen) atoms. The summed E-state index contributed by atoms with van der Waals surface area (Å²) in [7, 11) is 0. The van der Waals surface area contributed by atoms with E-state index in [2.05, 4.69) is 65.9 Å². The summed E-state index contributed by atoms with van der Waals surface area (Å²) in [6.45, 7) is 11.3. The lowest BCUT2D eigenvalue weighted by Gasteiger charge is -2.19. The van der Waals surface area contributed by atoms with Crippen LogP contribution in [0.5, 0.6) is 0 Å². The van der Waals surface area contributed by atoms with Gasteiger partial charge in [-0.3, -0.25) is 0 Å². The van der Waals surface area contributed by atoms with E-state index < -0.39 is 0 Å². The molecule has 0 atom stereocenters. The van der Waals surface area contributed by atoms with Crippen LogP contribution in [0, 0.1) is 18.3 Å². The molecule has 0 saturated carbocycles. The van der Waals surface area contributed by atoms with E-state index in [0.29, 0.717) is 12.1 Å². The SMILES string of the molecule is C=C1c2cc(-c3cc(C)cc(C#N)c3)ccc2CN1c1cccc(-c2nncn2C(C)C)n1. The van der Waals surface area contributed by atoms with Gasteiger partial charge in [0.25, 0.3) is 0 Å². The lowest BCUT2D eigenvalue weighted by atomic mass is 9.97. The van der Waals surface area contributed by atoms with Crippen molar-refractivity contribution in [1.82, 2.24) is 19.7 Å². The van der Waals surface area contributed by atoms with E-state index in [-0.39, 0.29) is 6.04 Å². The van der Waals surface area contributed by atoms with Crippen LogP contribution in [0.3, 0.4) is 0 Å².